The Morgan fingerprint density at radius 1 is 0.429 bits per heavy atom. The summed E-state index contributed by atoms with van der Waals surface area (Å²) in [7, 11) is -1.95. The first-order valence-corrected chi connectivity index (χ1v) is 21.2. The van der Waals surface area contributed by atoms with Gasteiger partial charge < -0.3 is 10.2 Å². The number of nitrogens with zero attached hydrogens (tertiary/aromatic N) is 1. The van der Waals surface area contributed by atoms with E-state index in [1.54, 1.807) is 0 Å². The van der Waals surface area contributed by atoms with Gasteiger partial charge >= 0.3 is 0 Å². The quantitative estimate of drug-likeness (QED) is 0.156. The van der Waals surface area contributed by atoms with Crippen molar-refractivity contribution in [1.82, 2.24) is 0 Å². The van der Waals surface area contributed by atoms with E-state index in [1.165, 1.54) is 80.4 Å². The minimum absolute atomic E-state index is 0.244. The van der Waals surface area contributed by atoms with Crippen LogP contribution >= 0.6 is 10.0 Å². The van der Waals surface area contributed by atoms with Crippen molar-refractivity contribution < 1.29 is 0 Å². The van der Waals surface area contributed by atoms with Crippen LogP contribution < -0.4 is 10.2 Å². The second kappa shape index (κ2) is 14.3. The van der Waals surface area contributed by atoms with Crippen molar-refractivity contribution in [3.05, 3.63) is 212 Å². The van der Waals surface area contributed by atoms with Crippen LogP contribution in [0.4, 0.5) is 17.1 Å². The smallest absolute Gasteiger partial charge is 0.104 e. The van der Waals surface area contributed by atoms with Crippen LogP contribution in [0, 0.1) is 0 Å². The fourth-order valence-electron chi connectivity index (χ4n) is 8.83. The minimum atomic E-state index is -1.95. The molecule has 1 unspecified atom stereocenters. The monoisotopic (exact) mass is 738 g/mol. The number of benzene rings is 9. The molecule has 0 aromatic heterocycles. The van der Waals surface area contributed by atoms with E-state index >= 15 is 0 Å². The van der Waals surface area contributed by atoms with E-state index in [-0.39, 0.29) is 6.17 Å². The van der Waals surface area contributed by atoms with E-state index in [1.807, 2.05) is 0 Å². The summed E-state index contributed by atoms with van der Waals surface area (Å²) in [5.74, 6) is 0. The molecule has 9 aromatic rings. The van der Waals surface area contributed by atoms with E-state index in [2.05, 4.69) is 229 Å². The molecule has 2 nitrogen and oxygen atoms in total. The molecular weight excluding hydrogens is 697 g/mol. The van der Waals surface area contributed by atoms with Gasteiger partial charge in [0.1, 0.15) is 6.17 Å². The summed E-state index contributed by atoms with van der Waals surface area (Å²) >= 11 is 0. The van der Waals surface area contributed by atoms with Crippen LogP contribution in [-0.2, 0) is 0 Å². The van der Waals surface area contributed by atoms with Crippen LogP contribution in [0.3, 0.4) is 0 Å². The summed E-state index contributed by atoms with van der Waals surface area (Å²) in [6, 6.07) is 78.6. The first-order valence-electron chi connectivity index (χ1n) is 19.5. The summed E-state index contributed by atoms with van der Waals surface area (Å²) in [6.45, 7) is 2.24. The van der Waals surface area contributed by atoms with Crippen molar-refractivity contribution >= 4 is 48.6 Å². The van der Waals surface area contributed by atoms with Crippen molar-refractivity contribution in [3.8, 4) is 22.3 Å². The Hall–Kier alpha value is -6.55. The lowest BCUT2D eigenvalue weighted by Crippen LogP contribution is -2.30. The predicted octanol–water partition coefficient (Wildman–Crippen LogP) is 15.0. The SMILES string of the molecule is CCC1Nc2ccccc2N1c1ccc(-c2ccc(-c3c4ccccc4c(S(c4ccccc4)(c4ccccc4)c4ccccc4)c4ccccc34)cc2)cc1. The van der Waals surface area contributed by atoms with Gasteiger partial charge in [0.15, 0.2) is 0 Å². The topological polar surface area (TPSA) is 15.3 Å². The summed E-state index contributed by atoms with van der Waals surface area (Å²) in [5, 5.41) is 8.80. The predicted molar refractivity (Wildman–Crippen MR) is 239 cm³/mol. The maximum Gasteiger partial charge on any atom is 0.104 e. The van der Waals surface area contributed by atoms with Gasteiger partial charge in [-0.1, -0.05) is 159 Å². The Kier molecular flexibility index (Phi) is 8.65. The van der Waals surface area contributed by atoms with E-state index in [9.17, 15) is 0 Å². The Bertz CT molecular complexity index is 2650. The van der Waals surface area contributed by atoms with Crippen molar-refractivity contribution in [2.45, 2.75) is 39.1 Å². The molecule has 1 atom stereocenters. The average molecular weight is 739 g/mol. The summed E-state index contributed by atoms with van der Waals surface area (Å²) in [4.78, 5) is 7.78. The molecule has 0 saturated carbocycles. The number of hydrogen-bond acceptors (Lipinski definition) is 2. The highest BCUT2D eigenvalue weighted by Crippen LogP contribution is 2.76. The van der Waals surface area contributed by atoms with Gasteiger partial charge in [-0.05, 0) is 111 Å². The van der Waals surface area contributed by atoms with Crippen LogP contribution in [0.2, 0.25) is 0 Å². The molecule has 9 aromatic carbocycles. The van der Waals surface area contributed by atoms with E-state index in [4.69, 9.17) is 0 Å². The summed E-state index contributed by atoms with van der Waals surface area (Å²) in [5.41, 5.74) is 8.53. The van der Waals surface area contributed by atoms with Crippen LogP contribution in [0.1, 0.15) is 13.3 Å². The molecule has 0 spiro atoms. The zero-order valence-electron chi connectivity index (χ0n) is 31.3. The van der Waals surface area contributed by atoms with Crippen molar-refractivity contribution in [1.29, 1.82) is 0 Å². The van der Waals surface area contributed by atoms with E-state index in [0.717, 1.165) is 6.42 Å². The first-order chi connectivity index (χ1) is 27.8. The Labute approximate surface area is 331 Å². The number of fused-ring (bicyclic) bond motifs is 3. The molecule has 10 rings (SSSR count). The van der Waals surface area contributed by atoms with Gasteiger partial charge in [-0.2, -0.15) is 0 Å². The fraction of sp³-hybridized carbons (Fsp3) is 0.0566. The highest BCUT2D eigenvalue weighted by molar-refractivity contribution is 8.34. The number of anilines is 3. The molecule has 1 N–H and O–H groups in total. The van der Waals surface area contributed by atoms with Gasteiger partial charge in [0, 0.05) is 25.3 Å². The molecule has 0 amide bonds. The number of nitrogens with one attached hydrogen (secondary N) is 1. The van der Waals surface area contributed by atoms with E-state index in [0.29, 0.717) is 0 Å². The molecule has 0 radical (unpaired) electrons. The van der Waals surface area contributed by atoms with Gasteiger partial charge in [0.2, 0.25) is 0 Å². The molecule has 270 valence electrons. The lowest BCUT2D eigenvalue weighted by molar-refractivity contribution is 0.728. The molecular formula is C53H42N2S. The zero-order chi connectivity index (χ0) is 37.5. The molecule has 1 aliphatic rings. The van der Waals surface area contributed by atoms with Crippen LogP contribution in [-0.4, -0.2) is 6.17 Å². The number of hydrogen-bond donors (Lipinski definition) is 1. The second-order valence-electron chi connectivity index (χ2n) is 14.4. The fourth-order valence-corrected chi connectivity index (χ4v) is 13.1. The van der Waals surface area contributed by atoms with Gasteiger partial charge in [0.05, 0.1) is 11.4 Å². The van der Waals surface area contributed by atoms with Crippen molar-refractivity contribution in [2.75, 3.05) is 10.2 Å². The van der Waals surface area contributed by atoms with Gasteiger partial charge in [0.25, 0.3) is 0 Å². The maximum absolute atomic E-state index is 3.69. The summed E-state index contributed by atoms with van der Waals surface area (Å²) in [6.07, 6.45) is 1.25. The first kappa shape index (κ1) is 34.0. The molecule has 1 heterocycles. The van der Waals surface area contributed by atoms with E-state index < -0.39 is 10.0 Å². The van der Waals surface area contributed by atoms with Crippen LogP contribution in [0.15, 0.2) is 232 Å². The lowest BCUT2D eigenvalue weighted by Gasteiger charge is -2.43. The molecule has 0 aliphatic carbocycles. The molecule has 56 heavy (non-hydrogen) atoms. The molecule has 0 fully saturated rings. The number of para-hydroxylation sites is 2. The van der Waals surface area contributed by atoms with Crippen LogP contribution in [0.5, 0.6) is 0 Å². The highest BCUT2D eigenvalue weighted by Gasteiger charge is 2.37. The summed E-state index contributed by atoms with van der Waals surface area (Å²) < 4.78 is 0. The normalized spacial score (nSPS) is 14.1. The minimum Gasteiger partial charge on any atom is -0.363 e. The molecule has 0 bridgehead atoms. The van der Waals surface area contributed by atoms with Crippen LogP contribution in [0.25, 0.3) is 43.8 Å². The third kappa shape index (κ3) is 5.50. The van der Waals surface area contributed by atoms with Gasteiger partial charge in [-0.3, -0.25) is 0 Å². The van der Waals surface area contributed by atoms with Crippen molar-refractivity contribution in [2.24, 2.45) is 0 Å². The zero-order valence-corrected chi connectivity index (χ0v) is 32.2. The third-order valence-electron chi connectivity index (χ3n) is 11.3. The third-order valence-corrected chi connectivity index (χ3v) is 15.3. The average Bonchev–Trinajstić information content (AvgIpc) is 3.66. The molecule has 3 heteroatoms. The second-order valence-corrected chi connectivity index (χ2v) is 17.5. The Morgan fingerprint density at radius 3 is 1.34 bits per heavy atom. The number of rotatable bonds is 8. The largest absolute Gasteiger partial charge is 0.363 e. The Morgan fingerprint density at radius 2 is 0.839 bits per heavy atom. The Balaban J connectivity index is 1.14. The highest BCUT2D eigenvalue weighted by atomic mass is 32.3. The van der Waals surface area contributed by atoms with Gasteiger partial charge in [-0.25, -0.2) is 0 Å². The van der Waals surface area contributed by atoms with Crippen molar-refractivity contribution in [3.63, 3.8) is 0 Å². The molecule has 1 aliphatic heterocycles. The maximum atomic E-state index is 3.69. The van der Waals surface area contributed by atoms with Gasteiger partial charge in [-0.15, -0.1) is 10.0 Å². The standard InChI is InChI=1S/C53H42N2S/c1-2-51-54-49-28-16-17-29-50(49)55(51)41-36-34-39(35-37-41)38-30-32-40(33-31-38)52-45-24-12-14-26-47(45)53(48-27-15-13-25-46(48)52)56(42-18-6-3-7-19-42,43-20-8-4-9-21-43)44-22-10-5-11-23-44/h3-37,51,54H,2H2,1H3. The lowest BCUT2D eigenvalue weighted by atomic mass is 9.91. The molecule has 0 saturated heterocycles.